The maximum Gasteiger partial charge on any atom is 0.232 e. The number of amides is 2. The number of nitrogens with two attached hydrogens (primary N) is 1. The lowest BCUT2D eigenvalue weighted by atomic mass is 10.3. The number of hydrogen-bond acceptors (Lipinski definition) is 5. The molecule has 0 fully saturated rings. The third-order valence-corrected chi connectivity index (χ3v) is 3.90. The van der Waals surface area contributed by atoms with Crippen molar-refractivity contribution in [1.82, 2.24) is 14.8 Å². The Balaban J connectivity index is 2.10. The Hall–Kier alpha value is -2.68. The van der Waals surface area contributed by atoms with E-state index < -0.39 is 17.6 Å². The van der Waals surface area contributed by atoms with Gasteiger partial charge in [0.2, 0.25) is 11.8 Å². The van der Waals surface area contributed by atoms with Crippen LogP contribution in [0.1, 0.15) is 5.82 Å². The van der Waals surface area contributed by atoms with Crippen LogP contribution in [0.15, 0.2) is 42.1 Å². The first-order valence-electron chi connectivity index (χ1n) is 6.99. The number of aromatic nitrogens is 3. The second-order valence-corrected chi connectivity index (χ2v) is 5.70. The average molecular weight is 349 g/mol. The summed E-state index contributed by atoms with van der Waals surface area (Å²) in [4.78, 5) is 23.0. The third kappa shape index (κ3) is 4.66. The lowest BCUT2D eigenvalue weighted by Crippen LogP contribution is -2.18. The molecule has 0 aliphatic carbocycles. The van der Waals surface area contributed by atoms with E-state index >= 15 is 0 Å². The van der Waals surface area contributed by atoms with Crippen LogP contribution in [0.25, 0.3) is 0 Å². The van der Waals surface area contributed by atoms with Gasteiger partial charge in [-0.25, -0.2) is 4.39 Å². The molecule has 0 bridgehead atoms. The van der Waals surface area contributed by atoms with E-state index in [1.165, 1.54) is 18.2 Å². The number of anilines is 1. The molecule has 0 aliphatic heterocycles. The van der Waals surface area contributed by atoms with Crippen LogP contribution in [0.4, 0.5) is 10.1 Å². The fraction of sp³-hybridized carbons (Fsp3) is 0.200. The van der Waals surface area contributed by atoms with Gasteiger partial charge in [0, 0.05) is 6.54 Å². The number of hydrogen-bond donors (Lipinski definition) is 2. The van der Waals surface area contributed by atoms with E-state index in [-0.39, 0.29) is 17.9 Å². The van der Waals surface area contributed by atoms with E-state index in [2.05, 4.69) is 22.1 Å². The second-order valence-electron chi connectivity index (χ2n) is 4.76. The fourth-order valence-corrected chi connectivity index (χ4v) is 2.61. The first-order valence-corrected chi connectivity index (χ1v) is 7.98. The van der Waals surface area contributed by atoms with Crippen LogP contribution in [-0.4, -0.2) is 32.3 Å². The molecule has 3 N–H and O–H groups in total. The fourth-order valence-electron chi connectivity index (χ4n) is 1.91. The minimum atomic E-state index is -0.517. The van der Waals surface area contributed by atoms with Crippen molar-refractivity contribution in [2.75, 3.05) is 11.1 Å². The Labute approximate surface area is 142 Å². The monoisotopic (exact) mass is 349 g/mol. The summed E-state index contributed by atoms with van der Waals surface area (Å²) in [5.41, 5.74) is 5.21. The highest BCUT2D eigenvalue weighted by Gasteiger charge is 2.16. The molecular formula is C15H16FN5O2S. The van der Waals surface area contributed by atoms with Gasteiger partial charge in [0.15, 0.2) is 5.16 Å². The zero-order valence-electron chi connectivity index (χ0n) is 12.7. The average Bonchev–Trinajstić information content (AvgIpc) is 2.90. The topological polar surface area (TPSA) is 103 Å². The maximum absolute atomic E-state index is 13.6. The Morgan fingerprint density at radius 2 is 2.12 bits per heavy atom. The van der Waals surface area contributed by atoms with Crippen LogP contribution in [-0.2, 0) is 22.6 Å². The van der Waals surface area contributed by atoms with Gasteiger partial charge >= 0.3 is 0 Å². The molecule has 1 heterocycles. The van der Waals surface area contributed by atoms with Crippen LogP contribution in [0.3, 0.4) is 0 Å². The standard InChI is InChI=1S/C15H16FN5O2S/c1-2-7-21-13(19-20-15(21)24-9-12(17)22)8-14(23)18-11-6-4-3-5-10(11)16/h2-6H,1,7-9H2,(H2,17,22)(H,18,23). The Morgan fingerprint density at radius 1 is 1.38 bits per heavy atom. The van der Waals surface area contributed by atoms with Crippen molar-refractivity contribution >= 4 is 29.3 Å². The highest BCUT2D eigenvalue weighted by molar-refractivity contribution is 7.99. The van der Waals surface area contributed by atoms with Crippen LogP contribution in [0.5, 0.6) is 0 Å². The van der Waals surface area contributed by atoms with E-state index in [9.17, 15) is 14.0 Å². The van der Waals surface area contributed by atoms with Crippen LogP contribution < -0.4 is 11.1 Å². The molecule has 24 heavy (non-hydrogen) atoms. The largest absolute Gasteiger partial charge is 0.369 e. The van der Waals surface area contributed by atoms with Gasteiger partial charge in [0.1, 0.15) is 11.6 Å². The summed E-state index contributed by atoms with van der Waals surface area (Å²) in [6.45, 7) is 4.02. The van der Waals surface area contributed by atoms with Crippen LogP contribution in [0, 0.1) is 5.82 Å². The number of primary amides is 1. The summed E-state index contributed by atoms with van der Waals surface area (Å²) in [5.74, 6) is -0.987. The number of carbonyl (C=O) groups excluding carboxylic acids is 2. The van der Waals surface area contributed by atoms with Gasteiger partial charge in [-0.3, -0.25) is 9.59 Å². The first-order chi connectivity index (χ1) is 11.5. The van der Waals surface area contributed by atoms with Gasteiger partial charge < -0.3 is 15.6 Å². The normalized spacial score (nSPS) is 10.4. The SMILES string of the molecule is C=CCn1c(CC(=O)Nc2ccccc2F)nnc1SCC(N)=O. The maximum atomic E-state index is 13.6. The lowest BCUT2D eigenvalue weighted by Gasteiger charge is -2.08. The van der Waals surface area contributed by atoms with Gasteiger partial charge in [-0.1, -0.05) is 30.0 Å². The molecule has 1 aromatic carbocycles. The van der Waals surface area contributed by atoms with E-state index in [0.29, 0.717) is 17.5 Å². The number of rotatable bonds is 8. The minimum absolute atomic E-state index is 0.0523. The Morgan fingerprint density at radius 3 is 2.79 bits per heavy atom. The molecule has 0 aliphatic rings. The van der Waals surface area contributed by atoms with Gasteiger partial charge in [0.05, 0.1) is 17.9 Å². The first kappa shape index (κ1) is 17.7. The number of nitrogens with zero attached hydrogens (tertiary/aromatic N) is 3. The van der Waals surface area contributed by atoms with E-state index in [0.717, 1.165) is 11.8 Å². The molecule has 2 aromatic rings. The number of halogens is 1. The van der Waals surface area contributed by atoms with Gasteiger partial charge in [0.25, 0.3) is 0 Å². The third-order valence-electron chi connectivity index (χ3n) is 2.92. The summed E-state index contributed by atoms with van der Waals surface area (Å²) in [6.07, 6.45) is 1.53. The summed E-state index contributed by atoms with van der Waals surface area (Å²) >= 11 is 1.12. The Kier molecular flexibility index (Phi) is 6.07. The number of benzene rings is 1. The molecule has 7 nitrogen and oxygen atoms in total. The van der Waals surface area contributed by atoms with Gasteiger partial charge in [-0.2, -0.15) is 0 Å². The molecule has 0 saturated carbocycles. The van der Waals surface area contributed by atoms with Crippen LogP contribution >= 0.6 is 11.8 Å². The zero-order valence-corrected chi connectivity index (χ0v) is 13.6. The highest BCUT2D eigenvalue weighted by Crippen LogP contribution is 2.18. The summed E-state index contributed by atoms with van der Waals surface area (Å²) < 4.78 is 15.2. The summed E-state index contributed by atoms with van der Waals surface area (Å²) in [5, 5.41) is 10.9. The molecule has 0 spiro atoms. The molecule has 126 valence electrons. The number of allylic oxidation sites excluding steroid dienone is 1. The van der Waals surface area contributed by atoms with Crippen molar-refractivity contribution in [2.45, 2.75) is 18.1 Å². The van der Waals surface area contributed by atoms with E-state index in [1.54, 1.807) is 16.7 Å². The molecule has 0 radical (unpaired) electrons. The number of nitrogens with one attached hydrogen (secondary N) is 1. The van der Waals surface area contributed by atoms with Crippen molar-refractivity contribution in [2.24, 2.45) is 5.73 Å². The van der Waals surface area contributed by atoms with Gasteiger partial charge in [-0.15, -0.1) is 16.8 Å². The van der Waals surface area contributed by atoms with Crippen molar-refractivity contribution in [3.63, 3.8) is 0 Å². The summed E-state index contributed by atoms with van der Waals surface area (Å²) in [7, 11) is 0. The smallest absolute Gasteiger partial charge is 0.232 e. The van der Waals surface area contributed by atoms with Crippen LogP contribution in [0.2, 0.25) is 0 Å². The molecule has 0 atom stereocenters. The quantitative estimate of drug-likeness (QED) is 0.553. The predicted molar refractivity (Wildman–Crippen MR) is 88.9 cm³/mol. The minimum Gasteiger partial charge on any atom is -0.369 e. The zero-order chi connectivity index (χ0) is 17.5. The van der Waals surface area contributed by atoms with E-state index in [1.807, 2.05) is 0 Å². The summed E-state index contributed by atoms with van der Waals surface area (Å²) in [6, 6.07) is 5.88. The van der Waals surface area contributed by atoms with Crippen molar-refractivity contribution in [3.8, 4) is 0 Å². The lowest BCUT2D eigenvalue weighted by molar-refractivity contribution is -0.116. The van der Waals surface area contributed by atoms with Gasteiger partial charge in [-0.05, 0) is 12.1 Å². The van der Waals surface area contributed by atoms with Crippen molar-refractivity contribution in [3.05, 3.63) is 48.6 Å². The Bertz CT molecular complexity index is 762. The number of thioether (sulfide) groups is 1. The second kappa shape index (κ2) is 8.25. The highest BCUT2D eigenvalue weighted by atomic mass is 32.2. The molecular weight excluding hydrogens is 333 g/mol. The molecule has 2 amide bonds. The molecule has 0 saturated heterocycles. The van der Waals surface area contributed by atoms with Crippen molar-refractivity contribution in [1.29, 1.82) is 0 Å². The molecule has 2 rings (SSSR count). The molecule has 1 aromatic heterocycles. The molecule has 9 heteroatoms. The predicted octanol–water partition coefficient (Wildman–Crippen LogP) is 1.36. The number of carbonyl (C=O) groups is 2. The molecule has 0 unspecified atom stereocenters. The van der Waals surface area contributed by atoms with E-state index in [4.69, 9.17) is 5.73 Å². The van der Waals surface area contributed by atoms with Crippen molar-refractivity contribution < 1.29 is 14.0 Å². The number of para-hydroxylation sites is 1.